The molecule has 0 atom stereocenters. The number of hydrogen-bond acceptors (Lipinski definition) is 3. The van der Waals surface area contributed by atoms with Gasteiger partial charge in [-0.05, 0) is 42.7 Å². The summed E-state index contributed by atoms with van der Waals surface area (Å²) in [5.74, 6) is 0. The molecule has 0 aliphatic carbocycles. The number of nitro groups is 1. The van der Waals surface area contributed by atoms with Gasteiger partial charge in [0.15, 0.2) is 0 Å². The van der Waals surface area contributed by atoms with E-state index in [0.717, 1.165) is 17.8 Å². The van der Waals surface area contributed by atoms with E-state index in [9.17, 15) is 10.1 Å². The number of non-ortho nitro benzene ring substituents is 1. The summed E-state index contributed by atoms with van der Waals surface area (Å²) < 4.78 is 0. The second kappa shape index (κ2) is 7.43. The van der Waals surface area contributed by atoms with E-state index in [1.165, 1.54) is 37.0 Å². The predicted molar refractivity (Wildman–Crippen MR) is 86.1 cm³/mol. The standard InChI is InChI=1S/C17H20N2O2/c1-2-3-4-5-14-6-8-15(9-7-14)18-16-10-12-17(13-11-16)19(20)21/h6-13,18H,2-5H2,1H3. The molecule has 4 nitrogen and oxygen atoms in total. The third-order valence-electron chi connectivity index (χ3n) is 3.39. The molecule has 4 heteroatoms. The van der Waals surface area contributed by atoms with Gasteiger partial charge < -0.3 is 5.32 Å². The molecule has 0 spiro atoms. The number of hydrogen-bond donors (Lipinski definition) is 1. The van der Waals surface area contributed by atoms with Crippen LogP contribution in [0.4, 0.5) is 17.1 Å². The van der Waals surface area contributed by atoms with Gasteiger partial charge in [-0.3, -0.25) is 10.1 Å². The lowest BCUT2D eigenvalue weighted by Crippen LogP contribution is -1.92. The summed E-state index contributed by atoms with van der Waals surface area (Å²) in [5.41, 5.74) is 3.28. The van der Waals surface area contributed by atoms with Crippen molar-refractivity contribution in [3.8, 4) is 0 Å². The normalized spacial score (nSPS) is 10.3. The van der Waals surface area contributed by atoms with Gasteiger partial charge in [0, 0.05) is 23.5 Å². The highest BCUT2D eigenvalue weighted by Crippen LogP contribution is 2.20. The van der Waals surface area contributed by atoms with Crippen LogP contribution < -0.4 is 5.32 Å². The molecular formula is C17H20N2O2. The van der Waals surface area contributed by atoms with Crippen LogP contribution in [0.2, 0.25) is 0 Å². The van der Waals surface area contributed by atoms with Crippen molar-refractivity contribution in [1.82, 2.24) is 0 Å². The second-order valence-electron chi connectivity index (χ2n) is 5.08. The third kappa shape index (κ3) is 4.60. The number of unbranched alkanes of at least 4 members (excludes halogenated alkanes) is 2. The van der Waals surface area contributed by atoms with E-state index in [-0.39, 0.29) is 5.69 Å². The zero-order valence-corrected chi connectivity index (χ0v) is 12.2. The molecule has 2 aromatic carbocycles. The molecule has 0 saturated carbocycles. The van der Waals surface area contributed by atoms with Gasteiger partial charge in [-0.15, -0.1) is 0 Å². The van der Waals surface area contributed by atoms with E-state index in [2.05, 4.69) is 24.4 Å². The predicted octanol–water partition coefficient (Wildman–Crippen LogP) is 5.07. The number of aryl methyl sites for hydroxylation is 1. The third-order valence-corrected chi connectivity index (χ3v) is 3.39. The Kier molecular flexibility index (Phi) is 5.32. The van der Waals surface area contributed by atoms with Crippen molar-refractivity contribution in [2.24, 2.45) is 0 Å². The number of rotatable bonds is 7. The van der Waals surface area contributed by atoms with E-state index in [1.54, 1.807) is 12.1 Å². The average Bonchev–Trinajstić information content (AvgIpc) is 2.50. The minimum atomic E-state index is -0.394. The van der Waals surface area contributed by atoms with Gasteiger partial charge in [-0.1, -0.05) is 31.9 Å². The van der Waals surface area contributed by atoms with E-state index in [0.29, 0.717) is 0 Å². The maximum atomic E-state index is 10.6. The lowest BCUT2D eigenvalue weighted by molar-refractivity contribution is -0.384. The lowest BCUT2D eigenvalue weighted by atomic mass is 10.1. The summed E-state index contributed by atoms with van der Waals surface area (Å²) in [6, 6.07) is 14.8. The molecule has 0 amide bonds. The van der Waals surface area contributed by atoms with Crippen LogP contribution in [-0.4, -0.2) is 4.92 Å². The number of nitro benzene ring substituents is 1. The molecule has 0 bridgehead atoms. The second-order valence-corrected chi connectivity index (χ2v) is 5.08. The van der Waals surface area contributed by atoms with Crippen molar-refractivity contribution < 1.29 is 4.92 Å². The Morgan fingerprint density at radius 3 is 2.05 bits per heavy atom. The average molecular weight is 284 g/mol. The van der Waals surface area contributed by atoms with Gasteiger partial charge in [-0.2, -0.15) is 0 Å². The fraction of sp³-hybridized carbons (Fsp3) is 0.294. The molecular weight excluding hydrogens is 264 g/mol. The van der Waals surface area contributed by atoms with Crippen molar-refractivity contribution >= 4 is 17.1 Å². The van der Waals surface area contributed by atoms with Crippen LogP contribution in [0.3, 0.4) is 0 Å². The van der Waals surface area contributed by atoms with Crippen LogP contribution in [0, 0.1) is 10.1 Å². The Morgan fingerprint density at radius 2 is 1.52 bits per heavy atom. The molecule has 0 aromatic heterocycles. The molecule has 2 aromatic rings. The molecule has 0 heterocycles. The molecule has 110 valence electrons. The van der Waals surface area contributed by atoms with Crippen LogP contribution in [0.25, 0.3) is 0 Å². The highest BCUT2D eigenvalue weighted by atomic mass is 16.6. The number of nitrogens with one attached hydrogen (secondary N) is 1. The molecule has 0 aliphatic heterocycles. The first-order valence-electron chi connectivity index (χ1n) is 7.29. The highest BCUT2D eigenvalue weighted by Gasteiger charge is 2.03. The first-order chi connectivity index (χ1) is 10.2. The topological polar surface area (TPSA) is 55.2 Å². The number of nitrogens with zero attached hydrogens (tertiary/aromatic N) is 1. The zero-order chi connectivity index (χ0) is 15.1. The summed E-state index contributed by atoms with van der Waals surface area (Å²) in [4.78, 5) is 10.2. The Morgan fingerprint density at radius 1 is 0.952 bits per heavy atom. The van der Waals surface area contributed by atoms with Gasteiger partial charge >= 0.3 is 0 Å². The summed E-state index contributed by atoms with van der Waals surface area (Å²) in [5, 5.41) is 13.8. The Labute approximate surface area is 125 Å². The van der Waals surface area contributed by atoms with Crippen LogP contribution in [0.5, 0.6) is 0 Å². The maximum Gasteiger partial charge on any atom is 0.269 e. The number of anilines is 2. The quantitative estimate of drug-likeness (QED) is 0.438. The minimum Gasteiger partial charge on any atom is -0.356 e. The molecule has 0 unspecified atom stereocenters. The van der Waals surface area contributed by atoms with E-state index >= 15 is 0 Å². The monoisotopic (exact) mass is 284 g/mol. The highest BCUT2D eigenvalue weighted by molar-refractivity contribution is 5.61. The fourth-order valence-electron chi connectivity index (χ4n) is 2.17. The van der Waals surface area contributed by atoms with E-state index in [4.69, 9.17) is 0 Å². The van der Waals surface area contributed by atoms with Crippen molar-refractivity contribution in [2.75, 3.05) is 5.32 Å². The largest absolute Gasteiger partial charge is 0.356 e. The minimum absolute atomic E-state index is 0.104. The van der Waals surface area contributed by atoms with Crippen LogP contribution in [0.15, 0.2) is 48.5 Å². The molecule has 0 saturated heterocycles. The SMILES string of the molecule is CCCCCc1ccc(Nc2ccc([N+](=O)[O-])cc2)cc1. The maximum absolute atomic E-state index is 10.6. The molecule has 0 fully saturated rings. The van der Waals surface area contributed by atoms with Gasteiger partial charge in [0.1, 0.15) is 0 Å². The van der Waals surface area contributed by atoms with Crippen LogP contribution in [-0.2, 0) is 6.42 Å². The Hall–Kier alpha value is -2.36. The first kappa shape index (κ1) is 15.0. The van der Waals surface area contributed by atoms with Crippen molar-refractivity contribution in [3.05, 3.63) is 64.2 Å². The van der Waals surface area contributed by atoms with Crippen LogP contribution in [0.1, 0.15) is 31.7 Å². The van der Waals surface area contributed by atoms with Gasteiger partial charge in [0.25, 0.3) is 5.69 Å². The zero-order valence-electron chi connectivity index (χ0n) is 12.2. The summed E-state index contributed by atoms with van der Waals surface area (Å²) in [7, 11) is 0. The van der Waals surface area contributed by atoms with E-state index < -0.39 is 4.92 Å². The first-order valence-corrected chi connectivity index (χ1v) is 7.29. The Bertz CT molecular complexity index is 577. The van der Waals surface area contributed by atoms with E-state index in [1.807, 2.05) is 12.1 Å². The molecule has 0 aliphatic rings. The fourth-order valence-corrected chi connectivity index (χ4v) is 2.17. The smallest absolute Gasteiger partial charge is 0.269 e. The molecule has 1 N–H and O–H groups in total. The number of benzene rings is 2. The summed E-state index contributed by atoms with van der Waals surface area (Å²) >= 11 is 0. The Balaban J connectivity index is 1.94. The van der Waals surface area contributed by atoms with Crippen molar-refractivity contribution in [2.45, 2.75) is 32.6 Å². The summed E-state index contributed by atoms with van der Waals surface area (Å²) in [6.45, 7) is 2.21. The summed E-state index contributed by atoms with van der Waals surface area (Å²) in [6.07, 6.45) is 4.85. The lowest BCUT2D eigenvalue weighted by Gasteiger charge is -2.07. The van der Waals surface area contributed by atoms with Gasteiger partial charge in [0.05, 0.1) is 4.92 Å². The van der Waals surface area contributed by atoms with Gasteiger partial charge in [-0.25, -0.2) is 0 Å². The molecule has 2 rings (SSSR count). The molecule has 0 radical (unpaired) electrons. The van der Waals surface area contributed by atoms with Gasteiger partial charge in [0.2, 0.25) is 0 Å². The van der Waals surface area contributed by atoms with Crippen molar-refractivity contribution in [1.29, 1.82) is 0 Å². The van der Waals surface area contributed by atoms with Crippen LogP contribution >= 0.6 is 0 Å². The van der Waals surface area contributed by atoms with Crippen molar-refractivity contribution in [3.63, 3.8) is 0 Å². The molecule has 21 heavy (non-hydrogen) atoms.